The van der Waals surface area contributed by atoms with Gasteiger partial charge in [0.25, 0.3) is 0 Å². The van der Waals surface area contributed by atoms with E-state index in [1.54, 1.807) is 0 Å². The summed E-state index contributed by atoms with van der Waals surface area (Å²) in [6, 6.07) is 0.818. The Hall–Kier alpha value is -0.120. The standard InChI is InChI=1S/C18H35N3/c1-15(2)16-6-8-18(14-19,9-7-16)21-12-4-11-20-10-3-5-17(20)13-21/h15-17H,3-14,19H2,1-2H3. The molecular formula is C18H35N3. The van der Waals surface area contributed by atoms with Crippen molar-refractivity contribution in [2.75, 3.05) is 32.7 Å². The van der Waals surface area contributed by atoms with Gasteiger partial charge in [0.05, 0.1) is 0 Å². The quantitative estimate of drug-likeness (QED) is 0.868. The van der Waals surface area contributed by atoms with E-state index in [1.807, 2.05) is 0 Å². The number of hydrogen-bond donors (Lipinski definition) is 1. The number of rotatable bonds is 3. The first-order valence-electron chi connectivity index (χ1n) is 9.34. The number of nitrogens with zero attached hydrogens (tertiary/aromatic N) is 2. The Bertz CT molecular complexity index is 333. The van der Waals surface area contributed by atoms with E-state index in [0.29, 0.717) is 5.54 Å². The predicted molar refractivity (Wildman–Crippen MR) is 89.4 cm³/mol. The van der Waals surface area contributed by atoms with Crippen LogP contribution in [-0.2, 0) is 0 Å². The number of fused-ring (bicyclic) bond motifs is 1. The van der Waals surface area contributed by atoms with Crippen LogP contribution in [0, 0.1) is 11.8 Å². The molecule has 2 aliphatic heterocycles. The minimum absolute atomic E-state index is 0.323. The lowest BCUT2D eigenvalue weighted by atomic mass is 9.72. The number of nitrogens with two attached hydrogens (primary N) is 1. The Morgan fingerprint density at radius 3 is 2.43 bits per heavy atom. The van der Waals surface area contributed by atoms with Crippen LogP contribution >= 0.6 is 0 Å². The summed E-state index contributed by atoms with van der Waals surface area (Å²) in [5.41, 5.74) is 6.65. The van der Waals surface area contributed by atoms with Gasteiger partial charge in [-0.1, -0.05) is 13.8 Å². The van der Waals surface area contributed by atoms with Gasteiger partial charge in [-0.25, -0.2) is 0 Å². The zero-order valence-electron chi connectivity index (χ0n) is 14.2. The van der Waals surface area contributed by atoms with Gasteiger partial charge >= 0.3 is 0 Å². The molecule has 0 bridgehead atoms. The fourth-order valence-corrected chi connectivity index (χ4v) is 5.13. The van der Waals surface area contributed by atoms with Crippen LogP contribution < -0.4 is 5.73 Å². The Kier molecular flexibility index (Phi) is 4.92. The van der Waals surface area contributed by atoms with Crippen LogP contribution in [0.5, 0.6) is 0 Å². The van der Waals surface area contributed by atoms with Gasteiger partial charge in [-0.3, -0.25) is 9.80 Å². The zero-order valence-corrected chi connectivity index (χ0v) is 14.2. The van der Waals surface area contributed by atoms with Crippen molar-refractivity contribution in [3.63, 3.8) is 0 Å². The van der Waals surface area contributed by atoms with Gasteiger partial charge in [-0.2, -0.15) is 0 Å². The van der Waals surface area contributed by atoms with Crippen molar-refractivity contribution in [3.8, 4) is 0 Å². The van der Waals surface area contributed by atoms with Crippen LogP contribution in [-0.4, -0.2) is 54.1 Å². The highest BCUT2D eigenvalue weighted by Gasteiger charge is 2.42. The maximum absolute atomic E-state index is 6.32. The second-order valence-corrected chi connectivity index (χ2v) is 8.14. The van der Waals surface area contributed by atoms with Crippen LogP contribution in [0.15, 0.2) is 0 Å². The first kappa shape index (κ1) is 15.8. The first-order chi connectivity index (χ1) is 10.1. The minimum atomic E-state index is 0.323. The third-order valence-corrected chi connectivity index (χ3v) is 6.76. The highest BCUT2D eigenvalue weighted by Crippen LogP contribution is 2.40. The Balaban J connectivity index is 1.67. The largest absolute Gasteiger partial charge is 0.329 e. The van der Waals surface area contributed by atoms with E-state index < -0.39 is 0 Å². The smallest absolute Gasteiger partial charge is 0.0332 e. The summed E-state index contributed by atoms with van der Waals surface area (Å²) in [6.07, 6.45) is 9.60. The molecule has 0 amide bonds. The lowest BCUT2D eigenvalue weighted by molar-refractivity contribution is 0.0301. The molecule has 122 valence electrons. The second kappa shape index (κ2) is 6.55. The summed E-state index contributed by atoms with van der Waals surface area (Å²) in [5, 5.41) is 0. The molecule has 2 saturated heterocycles. The average molecular weight is 293 g/mol. The molecule has 0 radical (unpaired) electrons. The van der Waals surface area contributed by atoms with Gasteiger partial charge in [-0.05, 0) is 69.9 Å². The van der Waals surface area contributed by atoms with E-state index in [1.165, 1.54) is 71.1 Å². The molecular weight excluding hydrogens is 258 g/mol. The van der Waals surface area contributed by atoms with Crippen LogP contribution in [0.3, 0.4) is 0 Å². The maximum atomic E-state index is 6.32. The van der Waals surface area contributed by atoms with Crippen molar-refractivity contribution in [2.45, 2.75) is 70.4 Å². The van der Waals surface area contributed by atoms with Crippen molar-refractivity contribution in [1.29, 1.82) is 0 Å². The molecule has 3 nitrogen and oxygen atoms in total. The van der Waals surface area contributed by atoms with Gasteiger partial charge in [0.1, 0.15) is 0 Å². The molecule has 3 heteroatoms. The molecule has 3 fully saturated rings. The van der Waals surface area contributed by atoms with Crippen LogP contribution in [0.2, 0.25) is 0 Å². The molecule has 3 aliphatic rings. The lowest BCUT2D eigenvalue weighted by Crippen LogP contribution is -2.57. The van der Waals surface area contributed by atoms with Gasteiger partial charge in [0.2, 0.25) is 0 Å². The molecule has 1 atom stereocenters. The van der Waals surface area contributed by atoms with Gasteiger partial charge < -0.3 is 5.73 Å². The van der Waals surface area contributed by atoms with Crippen LogP contribution in [0.1, 0.15) is 58.8 Å². The van der Waals surface area contributed by atoms with Gasteiger partial charge in [-0.15, -0.1) is 0 Å². The lowest BCUT2D eigenvalue weighted by Gasteiger charge is -2.48. The molecule has 0 spiro atoms. The highest BCUT2D eigenvalue weighted by molar-refractivity contribution is 4.99. The van der Waals surface area contributed by atoms with Crippen molar-refractivity contribution in [1.82, 2.24) is 9.80 Å². The summed E-state index contributed by atoms with van der Waals surface area (Å²) < 4.78 is 0. The molecule has 1 saturated carbocycles. The third-order valence-electron chi connectivity index (χ3n) is 6.76. The molecule has 2 heterocycles. The number of hydrogen-bond acceptors (Lipinski definition) is 3. The fourth-order valence-electron chi connectivity index (χ4n) is 5.13. The van der Waals surface area contributed by atoms with E-state index in [-0.39, 0.29) is 0 Å². The molecule has 3 rings (SSSR count). The van der Waals surface area contributed by atoms with Gasteiger partial charge in [0, 0.05) is 31.2 Å². The molecule has 0 aromatic carbocycles. The van der Waals surface area contributed by atoms with E-state index in [2.05, 4.69) is 23.6 Å². The molecule has 0 aromatic rings. The normalized spacial score (nSPS) is 39.4. The molecule has 1 aliphatic carbocycles. The monoisotopic (exact) mass is 293 g/mol. The van der Waals surface area contributed by atoms with E-state index in [9.17, 15) is 0 Å². The molecule has 2 N–H and O–H groups in total. The summed E-state index contributed by atoms with van der Waals surface area (Å²) in [4.78, 5) is 5.56. The summed E-state index contributed by atoms with van der Waals surface area (Å²) >= 11 is 0. The van der Waals surface area contributed by atoms with E-state index in [4.69, 9.17) is 5.73 Å². The van der Waals surface area contributed by atoms with Crippen LogP contribution in [0.4, 0.5) is 0 Å². The zero-order chi connectivity index (χ0) is 14.9. The predicted octanol–water partition coefficient (Wildman–Crippen LogP) is 2.70. The fraction of sp³-hybridized carbons (Fsp3) is 1.00. The maximum Gasteiger partial charge on any atom is 0.0332 e. The van der Waals surface area contributed by atoms with E-state index in [0.717, 1.165) is 24.4 Å². The minimum Gasteiger partial charge on any atom is -0.329 e. The van der Waals surface area contributed by atoms with Crippen molar-refractivity contribution in [3.05, 3.63) is 0 Å². The van der Waals surface area contributed by atoms with Crippen LogP contribution in [0.25, 0.3) is 0 Å². The average Bonchev–Trinajstić information content (AvgIpc) is 2.84. The summed E-state index contributed by atoms with van der Waals surface area (Å²) in [6.45, 7) is 10.9. The Morgan fingerprint density at radius 1 is 1.05 bits per heavy atom. The third kappa shape index (κ3) is 3.16. The van der Waals surface area contributed by atoms with Gasteiger partial charge in [0.15, 0.2) is 0 Å². The van der Waals surface area contributed by atoms with E-state index >= 15 is 0 Å². The SMILES string of the molecule is CC(C)C1CCC(CN)(N2CCCN3CCCC3C2)CC1. The first-order valence-corrected chi connectivity index (χ1v) is 9.34. The summed E-state index contributed by atoms with van der Waals surface area (Å²) in [5.74, 6) is 1.77. The summed E-state index contributed by atoms with van der Waals surface area (Å²) in [7, 11) is 0. The molecule has 1 unspecified atom stereocenters. The Morgan fingerprint density at radius 2 is 1.76 bits per heavy atom. The topological polar surface area (TPSA) is 32.5 Å². The highest BCUT2D eigenvalue weighted by atomic mass is 15.3. The second-order valence-electron chi connectivity index (χ2n) is 8.14. The van der Waals surface area contributed by atoms with Crippen molar-refractivity contribution < 1.29 is 0 Å². The van der Waals surface area contributed by atoms with Crippen molar-refractivity contribution >= 4 is 0 Å². The van der Waals surface area contributed by atoms with Crippen molar-refractivity contribution in [2.24, 2.45) is 17.6 Å². The Labute approximate surface area is 131 Å². The molecule has 0 aromatic heterocycles. The molecule has 21 heavy (non-hydrogen) atoms.